The van der Waals surface area contributed by atoms with Crippen molar-refractivity contribution in [3.8, 4) is 5.75 Å². The van der Waals surface area contributed by atoms with Crippen LogP contribution in [0.4, 0.5) is 10.1 Å². The fourth-order valence-corrected chi connectivity index (χ4v) is 3.46. The normalized spacial score (nSPS) is 16.3. The van der Waals surface area contributed by atoms with Gasteiger partial charge in [-0.05, 0) is 36.2 Å². The fourth-order valence-electron chi connectivity index (χ4n) is 3.46. The number of nitrogens with zero attached hydrogens (tertiary/aromatic N) is 2. The van der Waals surface area contributed by atoms with Crippen LogP contribution < -0.4 is 9.64 Å². The number of aliphatic hydroxyl groups is 1. The lowest BCUT2D eigenvalue weighted by atomic mass is 10.1. The lowest BCUT2D eigenvalue weighted by Gasteiger charge is -2.36. The van der Waals surface area contributed by atoms with Crippen LogP contribution in [0.1, 0.15) is 18.9 Å². The van der Waals surface area contributed by atoms with E-state index in [0.717, 1.165) is 44.8 Å². The van der Waals surface area contributed by atoms with Gasteiger partial charge in [-0.3, -0.25) is 4.90 Å². The molecule has 1 saturated heterocycles. The van der Waals surface area contributed by atoms with E-state index in [4.69, 9.17) is 4.74 Å². The molecule has 5 heteroatoms. The Kier molecular flexibility index (Phi) is 7.07. The van der Waals surface area contributed by atoms with Crippen LogP contribution in [-0.4, -0.2) is 55.4 Å². The van der Waals surface area contributed by atoms with Gasteiger partial charge >= 0.3 is 0 Å². The average Bonchev–Trinajstić information content (AvgIpc) is 2.69. The number of halogens is 1. The van der Waals surface area contributed by atoms with E-state index in [9.17, 15) is 9.50 Å². The van der Waals surface area contributed by atoms with Crippen LogP contribution in [0, 0.1) is 5.82 Å². The number of benzene rings is 2. The summed E-state index contributed by atoms with van der Waals surface area (Å²) in [5.74, 6) is 0.614. The summed E-state index contributed by atoms with van der Waals surface area (Å²) >= 11 is 0. The highest BCUT2D eigenvalue weighted by atomic mass is 19.1. The van der Waals surface area contributed by atoms with Gasteiger partial charge in [0.25, 0.3) is 0 Å². The summed E-state index contributed by atoms with van der Waals surface area (Å²) in [7, 11) is 0. The summed E-state index contributed by atoms with van der Waals surface area (Å²) < 4.78 is 19.6. The maximum Gasteiger partial charge on any atom is 0.146 e. The van der Waals surface area contributed by atoms with Crippen molar-refractivity contribution in [3.05, 3.63) is 59.9 Å². The highest BCUT2D eigenvalue weighted by molar-refractivity contribution is 5.48. The number of aryl methyl sites for hydroxylation is 1. The molecule has 146 valence electrons. The zero-order chi connectivity index (χ0) is 19.1. The average molecular weight is 372 g/mol. The lowest BCUT2D eigenvalue weighted by Crippen LogP contribution is -2.49. The van der Waals surface area contributed by atoms with Gasteiger partial charge in [-0.2, -0.15) is 0 Å². The first-order valence-electron chi connectivity index (χ1n) is 9.77. The molecular weight excluding hydrogens is 343 g/mol. The van der Waals surface area contributed by atoms with Gasteiger partial charge in [-0.1, -0.05) is 37.6 Å². The number of ether oxygens (including phenoxy) is 1. The molecule has 0 aliphatic carbocycles. The van der Waals surface area contributed by atoms with E-state index in [-0.39, 0.29) is 12.4 Å². The molecule has 3 rings (SSSR count). The molecular formula is C22H29FN2O2. The third kappa shape index (κ3) is 5.68. The lowest BCUT2D eigenvalue weighted by molar-refractivity contribution is 0.0662. The van der Waals surface area contributed by atoms with Crippen molar-refractivity contribution in [1.82, 2.24) is 4.90 Å². The second-order valence-electron chi connectivity index (χ2n) is 7.10. The van der Waals surface area contributed by atoms with E-state index in [0.29, 0.717) is 12.2 Å². The Labute approximate surface area is 161 Å². The third-order valence-corrected chi connectivity index (χ3v) is 4.94. The molecule has 0 amide bonds. The number of anilines is 1. The van der Waals surface area contributed by atoms with Crippen LogP contribution in [0.2, 0.25) is 0 Å². The summed E-state index contributed by atoms with van der Waals surface area (Å²) in [6, 6.07) is 15.0. The highest BCUT2D eigenvalue weighted by Gasteiger charge is 2.21. The van der Waals surface area contributed by atoms with Crippen LogP contribution in [0.3, 0.4) is 0 Å². The molecule has 1 aliphatic rings. The number of hydrogen-bond donors (Lipinski definition) is 1. The van der Waals surface area contributed by atoms with Crippen molar-refractivity contribution in [1.29, 1.82) is 0 Å². The summed E-state index contributed by atoms with van der Waals surface area (Å²) in [4.78, 5) is 4.27. The maximum atomic E-state index is 13.9. The van der Waals surface area contributed by atoms with Gasteiger partial charge in [-0.15, -0.1) is 0 Å². The van der Waals surface area contributed by atoms with Gasteiger partial charge in [-0.25, -0.2) is 4.39 Å². The number of piperazine rings is 1. The first-order valence-corrected chi connectivity index (χ1v) is 9.77. The van der Waals surface area contributed by atoms with Gasteiger partial charge in [0.15, 0.2) is 0 Å². The maximum absolute atomic E-state index is 13.9. The van der Waals surface area contributed by atoms with Gasteiger partial charge < -0.3 is 14.7 Å². The van der Waals surface area contributed by atoms with Crippen LogP contribution in [0.25, 0.3) is 0 Å². The van der Waals surface area contributed by atoms with E-state index in [1.165, 1.54) is 11.6 Å². The predicted octanol–water partition coefficient (Wildman–Crippen LogP) is 3.34. The third-order valence-electron chi connectivity index (χ3n) is 4.94. The first kappa shape index (κ1) is 19.6. The number of rotatable bonds is 8. The molecule has 1 atom stereocenters. The number of β-amino-alcohol motifs (C(OH)–C–C–N with tert-alkyl or cyclic N) is 1. The van der Waals surface area contributed by atoms with E-state index in [1.807, 2.05) is 24.3 Å². The molecule has 27 heavy (non-hydrogen) atoms. The molecule has 0 radical (unpaired) electrons. The van der Waals surface area contributed by atoms with Crippen molar-refractivity contribution in [2.24, 2.45) is 0 Å². The first-order chi connectivity index (χ1) is 13.2. The molecule has 0 bridgehead atoms. The molecule has 1 fully saturated rings. The largest absolute Gasteiger partial charge is 0.491 e. The molecule has 0 aromatic heterocycles. The molecule has 1 N–H and O–H groups in total. The minimum Gasteiger partial charge on any atom is -0.491 e. The Morgan fingerprint density at radius 1 is 1.04 bits per heavy atom. The summed E-state index contributed by atoms with van der Waals surface area (Å²) in [6.45, 7) is 6.13. The zero-order valence-electron chi connectivity index (χ0n) is 16.0. The summed E-state index contributed by atoms with van der Waals surface area (Å²) in [5.41, 5.74) is 1.96. The smallest absolute Gasteiger partial charge is 0.146 e. The molecule has 4 nitrogen and oxygen atoms in total. The standard InChI is InChI=1S/C22H29FN2O2/c1-2-5-18-8-10-20(11-9-18)27-17-19(26)16-24-12-14-25(15-13-24)22-7-4-3-6-21(22)23/h3-4,6-11,19,26H,2,5,12-17H2,1H3/t19-/m0/s1. The van der Waals surface area contributed by atoms with Crippen LogP contribution in [-0.2, 0) is 6.42 Å². The summed E-state index contributed by atoms with van der Waals surface area (Å²) in [6.07, 6.45) is 1.66. The monoisotopic (exact) mass is 372 g/mol. The van der Waals surface area contributed by atoms with Gasteiger partial charge in [0.2, 0.25) is 0 Å². The highest BCUT2D eigenvalue weighted by Crippen LogP contribution is 2.20. The van der Waals surface area contributed by atoms with E-state index < -0.39 is 6.10 Å². The molecule has 2 aromatic rings. The number of hydrogen-bond acceptors (Lipinski definition) is 4. The van der Waals surface area contributed by atoms with Crippen molar-refractivity contribution in [2.45, 2.75) is 25.9 Å². The summed E-state index contributed by atoms with van der Waals surface area (Å²) in [5, 5.41) is 10.3. The van der Waals surface area contributed by atoms with Gasteiger partial charge in [0.05, 0.1) is 5.69 Å². The van der Waals surface area contributed by atoms with Crippen molar-refractivity contribution < 1.29 is 14.2 Å². The second-order valence-corrected chi connectivity index (χ2v) is 7.10. The molecule has 0 saturated carbocycles. The Morgan fingerprint density at radius 2 is 1.74 bits per heavy atom. The Morgan fingerprint density at radius 3 is 2.41 bits per heavy atom. The second kappa shape index (κ2) is 9.72. The molecule has 0 spiro atoms. The fraction of sp³-hybridized carbons (Fsp3) is 0.455. The van der Waals surface area contributed by atoms with Crippen molar-refractivity contribution in [3.63, 3.8) is 0 Å². The SMILES string of the molecule is CCCc1ccc(OC[C@@H](O)CN2CCN(c3ccccc3F)CC2)cc1. The minimum absolute atomic E-state index is 0.177. The van der Waals surface area contributed by atoms with E-state index >= 15 is 0 Å². The van der Waals surface area contributed by atoms with Crippen molar-refractivity contribution in [2.75, 3.05) is 44.2 Å². The van der Waals surface area contributed by atoms with Crippen molar-refractivity contribution >= 4 is 5.69 Å². The number of aliphatic hydroxyl groups excluding tert-OH is 1. The molecule has 1 heterocycles. The topological polar surface area (TPSA) is 35.9 Å². The minimum atomic E-state index is -0.541. The molecule has 1 aliphatic heterocycles. The Hall–Kier alpha value is -2.11. The molecule has 2 aromatic carbocycles. The van der Waals surface area contributed by atoms with Gasteiger partial charge in [0.1, 0.15) is 24.3 Å². The van der Waals surface area contributed by atoms with E-state index in [1.54, 1.807) is 6.07 Å². The van der Waals surface area contributed by atoms with E-state index in [2.05, 4.69) is 28.9 Å². The Balaban J connectivity index is 1.40. The number of para-hydroxylation sites is 1. The van der Waals surface area contributed by atoms with Crippen LogP contribution in [0.5, 0.6) is 5.75 Å². The Bertz CT molecular complexity index is 700. The van der Waals surface area contributed by atoms with Crippen LogP contribution >= 0.6 is 0 Å². The van der Waals surface area contributed by atoms with Gasteiger partial charge in [0, 0.05) is 32.7 Å². The predicted molar refractivity (Wildman–Crippen MR) is 107 cm³/mol. The van der Waals surface area contributed by atoms with Crippen LogP contribution in [0.15, 0.2) is 48.5 Å². The molecule has 0 unspecified atom stereocenters. The zero-order valence-corrected chi connectivity index (χ0v) is 16.0. The quantitative estimate of drug-likeness (QED) is 0.771.